The molecule has 22 heavy (non-hydrogen) atoms. The van der Waals surface area contributed by atoms with Crippen molar-refractivity contribution in [1.82, 2.24) is 10.3 Å². The van der Waals surface area contributed by atoms with E-state index in [1.807, 2.05) is 13.8 Å². The van der Waals surface area contributed by atoms with Gasteiger partial charge in [-0.3, -0.25) is 4.79 Å². The van der Waals surface area contributed by atoms with Gasteiger partial charge < -0.3 is 19.6 Å². The zero-order chi connectivity index (χ0) is 16.3. The number of nitrogens with one attached hydrogen (secondary N) is 1. The van der Waals surface area contributed by atoms with Crippen LogP contribution in [0.4, 0.5) is 0 Å². The number of aryl methyl sites for hydroxylation is 2. The highest BCUT2D eigenvalue weighted by atomic mass is 35.5. The van der Waals surface area contributed by atoms with Gasteiger partial charge >= 0.3 is 0 Å². The van der Waals surface area contributed by atoms with Crippen LogP contribution < -0.4 is 10.1 Å². The van der Waals surface area contributed by atoms with Gasteiger partial charge in [-0.25, -0.2) is 4.98 Å². The fraction of sp³-hybridized carbons (Fsp3) is 0.333. The van der Waals surface area contributed by atoms with E-state index in [1.54, 1.807) is 6.92 Å². The Morgan fingerprint density at radius 1 is 1.45 bits per heavy atom. The van der Waals surface area contributed by atoms with Crippen LogP contribution in [0.25, 0.3) is 0 Å². The molecular formula is C15H17ClN2O4. The molecule has 7 heteroatoms. The van der Waals surface area contributed by atoms with Crippen molar-refractivity contribution in [2.75, 3.05) is 6.61 Å². The van der Waals surface area contributed by atoms with Gasteiger partial charge in [-0.05, 0) is 32.9 Å². The normalized spacial score (nSPS) is 10.5. The van der Waals surface area contributed by atoms with E-state index in [9.17, 15) is 9.90 Å². The summed E-state index contributed by atoms with van der Waals surface area (Å²) >= 11 is 5.90. The fourth-order valence-electron chi connectivity index (χ4n) is 1.84. The number of aromatic nitrogens is 1. The zero-order valence-corrected chi connectivity index (χ0v) is 13.3. The lowest BCUT2D eigenvalue weighted by Gasteiger charge is -2.10. The zero-order valence-electron chi connectivity index (χ0n) is 12.6. The number of carbonyl (C=O) groups is 1. The van der Waals surface area contributed by atoms with Crippen LogP contribution in [0.5, 0.6) is 11.5 Å². The fourth-order valence-corrected chi connectivity index (χ4v) is 2.05. The quantitative estimate of drug-likeness (QED) is 0.883. The van der Waals surface area contributed by atoms with Crippen molar-refractivity contribution in [1.29, 1.82) is 0 Å². The van der Waals surface area contributed by atoms with Crippen molar-refractivity contribution < 1.29 is 19.1 Å². The van der Waals surface area contributed by atoms with Crippen LogP contribution in [0.3, 0.4) is 0 Å². The lowest BCUT2D eigenvalue weighted by atomic mass is 10.2. The second-order valence-corrected chi connectivity index (χ2v) is 5.08. The van der Waals surface area contributed by atoms with Crippen LogP contribution in [0, 0.1) is 13.8 Å². The third kappa shape index (κ3) is 3.51. The van der Waals surface area contributed by atoms with Crippen LogP contribution in [0.2, 0.25) is 5.02 Å². The van der Waals surface area contributed by atoms with E-state index in [0.29, 0.717) is 12.5 Å². The highest BCUT2D eigenvalue weighted by molar-refractivity contribution is 6.32. The number of phenolic OH excluding ortho intramolecular Hbond substituents is 1. The number of aromatic hydroxyl groups is 1. The Hall–Kier alpha value is -2.21. The number of ether oxygens (including phenoxy) is 1. The van der Waals surface area contributed by atoms with Crippen molar-refractivity contribution in [3.05, 3.63) is 40.1 Å². The monoisotopic (exact) mass is 324 g/mol. The van der Waals surface area contributed by atoms with Gasteiger partial charge in [0.2, 0.25) is 5.89 Å². The van der Waals surface area contributed by atoms with Crippen molar-refractivity contribution in [3.8, 4) is 11.5 Å². The number of carbonyl (C=O) groups excluding carboxylic acids is 1. The predicted molar refractivity (Wildman–Crippen MR) is 81.4 cm³/mol. The van der Waals surface area contributed by atoms with Crippen LogP contribution in [0.1, 0.15) is 34.6 Å². The van der Waals surface area contributed by atoms with E-state index in [1.165, 1.54) is 12.1 Å². The molecule has 0 unspecified atom stereocenters. The molecule has 0 aliphatic rings. The number of benzene rings is 1. The molecule has 0 saturated carbocycles. The number of halogens is 1. The summed E-state index contributed by atoms with van der Waals surface area (Å²) in [4.78, 5) is 16.3. The minimum absolute atomic E-state index is 0.0545. The van der Waals surface area contributed by atoms with E-state index in [2.05, 4.69) is 10.3 Å². The molecule has 118 valence electrons. The van der Waals surface area contributed by atoms with Gasteiger partial charge in [0.25, 0.3) is 5.91 Å². The molecule has 1 heterocycles. The Labute approximate surface area is 133 Å². The molecule has 1 aromatic carbocycles. The van der Waals surface area contributed by atoms with Gasteiger partial charge in [-0.2, -0.15) is 0 Å². The molecule has 0 bridgehead atoms. The van der Waals surface area contributed by atoms with Gasteiger partial charge in [-0.1, -0.05) is 11.6 Å². The molecule has 1 amide bonds. The van der Waals surface area contributed by atoms with E-state index in [4.69, 9.17) is 20.8 Å². The lowest BCUT2D eigenvalue weighted by molar-refractivity contribution is 0.0946. The van der Waals surface area contributed by atoms with Gasteiger partial charge in [0.1, 0.15) is 5.76 Å². The average Bonchev–Trinajstić information content (AvgIpc) is 2.80. The molecule has 6 nitrogen and oxygen atoms in total. The maximum atomic E-state index is 12.2. The average molecular weight is 325 g/mol. The third-order valence-corrected chi connectivity index (χ3v) is 3.35. The highest BCUT2D eigenvalue weighted by Crippen LogP contribution is 2.35. The third-order valence-electron chi connectivity index (χ3n) is 3.06. The molecule has 0 aliphatic carbocycles. The Kier molecular flexibility index (Phi) is 4.92. The van der Waals surface area contributed by atoms with Crippen molar-refractivity contribution in [2.24, 2.45) is 0 Å². The molecule has 2 aromatic rings. The number of oxazole rings is 1. The summed E-state index contributed by atoms with van der Waals surface area (Å²) in [6.45, 7) is 5.92. The second-order valence-electron chi connectivity index (χ2n) is 4.67. The topological polar surface area (TPSA) is 84.6 Å². The molecule has 1 aromatic heterocycles. The van der Waals surface area contributed by atoms with Gasteiger partial charge in [-0.15, -0.1) is 0 Å². The summed E-state index contributed by atoms with van der Waals surface area (Å²) in [6.07, 6.45) is 0. The first-order chi connectivity index (χ1) is 10.4. The molecule has 0 aliphatic heterocycles. The minimum Gasteiger partial charge on any atom is -0.503 e. The van der Waals surface area contributed by atoms with Crippen LogP contribution in [-0.2, 0) is 6.54 Å². The number of rotatable bonds is 5. The summed E-state index contributed by atoms with van der Waals surface area (Å²) in [7, 11) is 0. The maximum Gasteiger partial charge on any atom is 0.251 e. The standard InChI is InChI=1S/C15H17ClN2O4/c1-4-21-12-6-10(5-11(16)14(12)19)15(20)17-7-13-18-8(2)9(3)22-13/h5-6,19H,4,7H2,1-3H3,(H,17,20). The molecule has 0 atom stereocenters. The molecule has 2 rings (SSSR count). The summed E-state index contributed by atoms with van der Waals surface area (Å²) in [6, 6.07) is 2.81. The minimum atomic E-state index is -0.364. The Bertz CT molecular complexity index is 678. The Morgan fingerprint density at radius 2 is 2.18 bits per heavy atom. The van der Waals surface area contributed by atoms with Crippen LogP contribution in [-0.4, -0.2) is 22.6 Å². The largest absolute Gasteiger partial charge is 0.503 e. The van der Waals surface area contributed by atoms with Crippen LogP contribution >= 0.6 is 11.6 Å². The Balaban J connectivity index is 2.12. The first-order valence-corrected chi connectivity index (χ1v) is 7.16. The summed E-state index contributed by atoms with van der Waals surface area (Å²) < 4.78 is 10.6. The van der Waals surface area contributed by atoms with Crippen molar-refractivity contribution >= 4 is 17.5 Å². The predicted octanol–water partition coefficient (Wildman–Crippen LogP) is 2.98. The molecule has 0 fully saturated rings. The SMILES string of the molecule is CCOc1cc(C(=O)NCc2nc(C)c(C)o2)cc(Cl)c1O. The maximum absolute atomic E-state index is 12.2. The molecule has 2 N–H and O–H groups in total. The number of amides is 1. The number of hydrogen-bond acceptors (Lipinski definition) is 5. The molecular weight excluding hydrogens is 308 g/mol. The lowest BCUT2D eigenvalue weighted by Crippen LogP contribution is -2.23. The van der Waals surface area contributed by atoms with Crippen molar-refractivity contribution in [3.63, 3.8) is 0 Å². The number of nitrogens with zero attached hydrogens (tertiary/aromatic N) is 1. The van der Waals surface area contributed by atoms with E-state index < -0.39 is 0 Å². The molecule has 0 saturated heterocycles. The van der Waals surface area contributed by atoms with E-state index >= 15 is 0 Å². The highest BCUT2D eigenvalue weighted by Gasteiger charge is 2.15. The second kappa shape index (κ2) is 6.70. The van der Waals surface area contributed by atoms with E-state index in [-0.39, 0.29) is 34.5 Å². The van der Waals surface area contributed by atoms with Gasteiger partial charge in [0.15, 0.2) is 11.5 Å². The van der Waals surface area contributed by atoms with Gasteiger partial charge in [0, 0.05) is 5.56 Å². The van der Waals surface area contributed by atoms with E-state index in [0.717, 1.165) is 11.5 Å². The van der Waals surface area contributed by atoms with Crippen molar-refractivity contribution in [2.45, 2.75) is 27.3 Å². The molecule has 0 radical (unpaired) electrons. The summed E-state index contributed by atoms with van der Waals surface area (Å²) in [5, 5.41) is 12.5. The Morgan fingerprint density at radius 3 is 2.77 bits per heavy atom. The number of phenols is 1. The molecule has 0 spiro atoms. The first-order valence-electron chi connectivity index (χ1n) is 6.78. The smallest absolute Gasteiger partial charge is 0.251 e. The first kappa shape index (κ1) is 16.2. The van der Waals surface area contributed by atoms with Gasteiger partial charge in [0.05, 0.1) is 23.9 Å². The summed E-state index contributed by atoms with van der Waals surface area (Å²) in [5.41, 5.74) is 1.07. The number of hydrogen-bond donors (Lipinski definition) is 2. The van der Waals surface area contributed by atoms with Crippen LogP contribution in [0.15, 0.2) is 16.5 Å². The summed E-state index contributed by atoms with van der Waals surface area (Å²) in [5.74, 6) is 0.771.